The first-order valence-corrected chi connectivity index (χ1v) is 7.36. The molecule has 2 N–H and O–H groups in total. The van der Waals surface area contributed by atoms with E-state index in [1.807, 2.05) is 24.0 Å². The number of nitrogens with zero attached hydrogens (tertiary/aromatic N) is 1. The van der Waals surface area contributed by atoms with Crippen LogP contribution in [0.15, 0.2) is 18.2 Å². The van der Waals surface area contributed by atoms with Crippen LogP contribution in [0.4, 0.5) is 0 Å². The Morgan fingerprint density at radius 3 is 2.80 bits per heavy atom. The molecule has 5 heteroatoms. The molecule has 0 unspecified atom stereocenters. The number of halogens is 1. The van der Waals surface area contributed by atoms with Gasteiger partial charge < -0.3 is 15.4 Å². The molecule has 0 bridgehead atoms. The molecule has 1 saturated heterocycles. The zero-order valence-electron chi connectivity index (χ0n) is 11.8. The number of nitrogens with two attached hydrogens (primary N) is 1. The summed E-state index contributed by atoms with van der Waals surface area (Å²) in [7, 11) is 0. The Morgan fingerprint density at radius 2 is 2.15 bits per heavy atom. The van der Waals surface area contributed by atoms with Crippen LogP contribution < -0.4 is 10.5 Å². The Kier molecular flexibility index (Phi) is 5.26. The summed E-state index contributed by atoms with van der Waals surface area (Å²) in [6.07, 6.45) is 2.18. The minimum absolute atomic E-state index is 0.141. The molecule has 1 amide bonds. The Hall–Kier alpha value is -1.26. The van der Waals surface area contributed by atoms with E-state index in [4.69, 9.17) is 22.1 Å². The fraction of sp³-hybridized carbons (Fsp3) is 0.533. The van der Waals surface area contributed by atoms with E-state index in [0.29, 0.717) is 13.0 Å². The van der Waals surface area contributed by atoms with Crippen LogP contribution in [0.1, 0.15) is 24.8 Å². The highest BCUT2D eigenvalue weighted by atomic mass is 35.5. The second-order valence-corrected chi connectivity index (χ2v) is 5.63. The second kappa shape index (κ2) is 6.95. The molecule has 0 spiro atoms. The number of likely N-dealkylation sites (tertiary alicyclic amines) is 1. The van der Waals surface area contributed by atoms with Crippen molar-refractivity contribution in [3.8, 4) is 5.75 Å². The van der Waals surface area contributed by atoms with Gasteiger partial charge in [0.15, 0.2) is 0 Å². The average Bonchev–Trinajstić information content (AvgIpc) is 2.43. The van der Waals surface area contributed by atoms with E-state index in [-0.39, 0.29) is 11.9 Å². The molecule has 1 aromatic carbocycles. The summed E-state index contributed by atoms with van der Waals surface area (Å²) in [5.74, 6) is 0.892. The molecule has 1 aliphatic heterocycles. The Morgan fingerprint density at radius 1 is 1.45 bits per heavy atom. The van der Waals surface area contributed by atoms with Crippen molar-refractivity contribution in [3.05, 3.63) is 28.8 Å². The van der Waals surface area contributed by atoms with Gasteiger partial charge in [-0.3, -0.25) is 4.79 Å². The van der Waals surface area contributed by atoms with E-state index in [2.05, 4.69) is 0 Å². The van der Waals surface area contributed by atoms with Crippen molar-refractivity contribution in [2.24, 2.45) is 5.73 Å². The SMILES string of the molecule is Cc1cc(OCCC(=O)N2CCC(N)CC2)ccc1Cl. The van der Waals surface area contributed by atoms with Crippen molar-refractivity contribution in [2.75, 3.05) is 19.7 Å². The van der Waals surface area contributed by atoms with Crippen LogP contribution in [0.2, 0.25) is 5.02 Å². The number of amides is 1. The van der Waals surface area contributed by atoms with Gasteiger partial charge in [-0.05, 0) is 43.5 Å². The first-order chi connectivity index (χ1) is 9.56. The number of hydrogen-bond acceptors (Lipinski definition) is 3. The van der Waals surface area contributed by atoms with Crippen molar-refractivity contribution in [2.45, 2.75) is 32.2 Å². The highest BCUT2D eigenvalue weighted by Crippen LogP contribution is 2.21. The lowest BCUT2D eigenvalue weighted by atomic mass is 10.1. The van der Waals surface area contributed by atoms with Crippen molar-refractivity contribution in [1.29, 1.82) is 0 Å². The third-order valence-corrected chi connectivity index (χ3v) is 4.03. The van der Waals surface area contributed by atoms with E-state index in [0.717, 1.165) is 42.3 Å². The topological polar surface area (TPSA) is 55.6 Å². The van der Waals surface area contributed by atoms with Crippen LogP contribution in [0.25, 0.3) is 0 Å². The summed E-state index contributed by atoms with van der Waals surface area (Å²) in [6, 6.07) is 5.75. The maximum atomic E-state index is 12.0. The minimum Gasteiger partial charge on any atom is -0.493 e. The standard InChI is InChI=1S/C15H21ClN2O2/c1-11-10-13(2-3-14(11)16)20-9-6-15(19)18-7-4-12(17)5-8-18/h2-3,10,12H,4-9,17H2,1H3. The molecule has 1 aromatic rings. The van der Waals surface area contributed by atoms with E-state index in [9.17, 15) is 4.79 Å². The Labute approximate surface area is 124 Å². The first kappa shape index (κ1) is 15.1. The van der Waals surface area contributed by atoms with Crippen LogP contribution in [-0.4, -0.2) is 36.5 Å². The smallest absolute Gasteiger partial charge is 0.225 e. The molecule has 0 atom stereocenters. The first-order valence-electron chi connectivity index (χ1n) is 6.98. The van der Waals surface area contributed by atoms with Crippen LogP contribution in [0.5, 0.6) is 5.75 Å². The summed E-state index contributed by atoms with van der Waals surface area (Å²) in [5.41, 5.74) is 6.80. The fourth-order valence-electron chi connectivity index (χ4n) is 2.27. The molecule has 1 heterocycles. The normalized spacial score (nSPS) is 16.2. The van der Waals surface area contributed by atoms with Gasteiger partial charge in [-0.2, -0.15) is 0 Å². The number of piperidine rings is 1. The van der Waals surface area contributed by atoms with Gasteiger partial charge in [0.25, 0.3) is 0 Å². The molecule has 0 radical (unpaired) electrons. The number of benzene rings is 1. The van der Waals surface area contributed by atoms with Crippen LogP contribution in [-0.2, 0) is 4.79 Å². The highest BCUT2D eigenvalue weighted by molar-refractivity contribution is 6.31. The Balaban J connectivity index is 1.75. The number of ether oxygens (including phenoxy) is 1. The number of aryl methyl sites for hydroxylation is 1. The maximum absolute atomic E-state index is 12.0. The molecule has 1 aliphatic rings. The third-order valence-electron chi connectivity index (χ3n) is 3.61. The molecular weight excluding hydrogens is 276 g/mol. The van der Waals surface area contributed by atoms with Crippen LogP contribution >= 0.6 is 11.6 Å². The minimum atomic E-state index is 0.141. The lowest BCUT2D eigenvalue weighted by molar-refractivity contribution is -0.132. The third kappa shape index (κ3) is 4.12. The van der Waals surface area contributed by atoms with E-state index >= 15 is 0 Å². The van der Waals surface area contributed by atoms with Gasteiger partial charge in [-0.1, -0.05) is 11.6 Å². The lowest BCUT2D eigenvalue weighted by Crippen LogP contribution is -2.43. The highest BCUT2D eigenvalue weighted by Gasteiger charge is 2.20. The molecule has 4 nitrogen and oxygen atoms in total. The molecular formula is C15H21ClN2O2. The average molecular weight is 297 g/mol. The van der Waals surface area contributed by atoms with Gasteiger partial charge in [0.05, 0.1) is 13.0 Å². The van der Waals surface area contributed by atoms with Crippen LogP contribution in [0, 0.1) is 6.92 Å². The van der Waals surface area contributed by atoms with Gasteiger partial charge >= 0.3 is 0 Å². The number of carbonyl (C=O) groups excluding carboxylic acids is 1. The van der Waals surface area contributed by atoms with E-state index in [1.54, 1.807) is 6.07 Å². The van der Waals surface area contributed by atoms with E-state index < -0.39 is 0 Å². The fourth-order valence-corrected chi connectivity index (χ4v) is 2.39. The van der Waals surface area contributed by atoms with Crippen molar-refractivity contribution in [1.82, 2.24) is 4.90 Å². The van der Waals surface area contributed by atoms with Crippen molar-refractivity contribution >= 4 is 17.5 Å². The molecule has 0 saturated carbocycles. The predicted molar refractivity (Wildman–Crippen MR) is 80.1 cm³/mol. The monoisotopic (exact) mass is 296 g/mol. The molecule has 1 fully saturated rings. The largest absolute Gasteiger partial charge is 0.493 e. The van der Waals surface area contributed by atoms with Gasteiger partial charge in [0, 0.05) is 24.2 Å². The lowest BCUT2D eigenvalue weighted by Gasteiger charge is -2.30. The Bertz CT molecular complexity index is 471. The second-order valence-electron chi connectivity index (χ2n) is 5.23. The molecule has 0 aromatic heterocycles. The van der Waals surface area contributed by atoms with Gasteiger partial charge in [-0.25, -0.2) is 0 Å². The zero-order valence-corrected chi connectivity index (χ0v) is 12.5. The summed E-state index contributed by atoms with van der Waals surface area (Å²) < 4.78 is 5.59. The van der Waals surface area contributed by atoms with Gasteiger partial charge in [0.1, 0.15) is 5.75 Å². The van der Waals surface area contributed by atoms with Crippen LogP contribution in [0.3, 0.4) is 0 Å². The number of hydrogen-bond donors (Lipinski definition) is 1. The summed E-state index contributed by atoms with van der Waals surface area (Å²) in [6.45, 7) is 3.85. The maximum Gasteiger partial charge on any atom is 0.225 e. The molecule has 110 valence electrons. The number of rotatable bonds is 4. The van der Waals surface area contributed by atoms with Crippen molar-refractivity contribution in [3.63, 3.8) is 0 Å². The zero-order chi connectivity index (χ0) is 14.5. The molecule has 20 heavy (non-hydrogen) atoms. The van der Waals surface area contributed by atoms with E-state index in [1.165, 1.54) is 0 Å². The van der Waals surface area contributed by atoms with Gasteiger partial charge in [0.2, 0.25) is 5.91 Å². The summed E-state index contributed by atoms with van der Waals surface area (Å²) in [4.78, 5) is 13.9. The van der Waals surface area contributed by atoms with Gasteiger partial charge in [-0.15, -0.1) is 0 Å². The summed E-state index contributed by atoms with van der Waals surface area (Å²) >= 11 is 5.95. The molecule has 2 rings (SSSR count). The quantitative estimate of drug-likeness (QED) is 0.928. The predicted octanol–water partition coefficient (Wildman–Crippen LogP) is 2.37. The number of carbonyl (C=O) groups is 1. The molecule has 0 aliphatic carbocycles. The summed E-state index contributed by atoms with van der Waals surface area (Å²) in [5, 5.41) is 0.720. The van der Waals surface area contributed by atoms with Crippen molar-refractivity contribution < 1.29 is 9.53 Å².